The van der Waals surface area contributed by atoms with Gasteiger partial charge in [-0.15, -0.1) is 0 Å². The van der Waals surface area contributed by atoms with Crippen LogP contribution in [0.15, 0.2) is 48.5 Å². The Bertz CT molecular complexity index is 648. The Morgan fingerprint density at radius 3 is 2.30 bits per heavy atom. The smallest absolute Gasteiger partial charge is 0.269 e. The summed E-state index contributed by atoms with van der Waals surface area (Å²) in [6.45, 7) is 3.83. The molecule has 2 rings (SSSR count). The fourth-order valence-corrected chi connectivity index (χ4v) is 2.09. The molecular formula is C16H15NO3. The molecule has 0 radical (unpaired) electrons. The molecule has 102 valence electrons. The molecule has 0 heterocycles. The van der Waals surface area contributed by atoms with Gasteiger partial charge in [-0.1, -0.05) is 44.2 Å². The molecule has 0 fully saturated rings. The highest BCUT2D eigenvalue weighted by atomic mass is 16.6. The number of carbonyl (C=O) groups excluding carboxylic acids is 1. The van der Waals surface area contributed by atoms with Crippen molar-refractivity contribution < 1.29 is 9.72 Å². The van der Waals surface area contributed by atoms with Crippen LogP contribution >= 0.6 is 0 Å². The maximum absolute atomic E-state index is 12.5. The lowest BCUT2D eigenvalue weighted by molar-refractivity contribution is -0.384. The number of non-ortho nitro benzene ring substituents is 1. The summed E-state index contributed by atoms with van der Waals surface area (Å²) in [6.07, 6.45) is 0. The molecule has 0 spiro atoms. The highest BCUT2D eigenvalue weighted by molar-refractivity contribution is 6.10. The molecule has 0 aliphatic carbocycles. The molecule has 0 N–H and O–H groups in total. The number of nitro groups is 1. The molecule has 0 unspecified atom stereocenters. The number of benzene rings is 2. The number of nitro benzene ring substituents is 1. The minimum Gasteiger partial charge on any atom is -0.289 e. The quantitative estimate of drug-likeness (QED) is 0.479. The first-order valence-corrected chi connectivity index (χ1v) is 6.38. The van der Waals surface area contributed by atoms with E-state index >= 15 is 0 Å². The minimum absolute atomic E-state index is 0.0123. The first-order valence-electron chi connectivity index (χ1n) is 6.38. The summed E-state index contributed by atoms with van der Waals surface area (Å²) in [6, 6.07) is 13.3. The lowest BCUT2D eigenvalue weighted by Gasteiger charge is -2.11. The lowest BCUT2D eigenvalue weighted by atomic mass is 9.91. The third kappa shape index (κ3) is 2.74. The van der Waals surface area contributed by atoms with E-state index in [1.165, 1.54) is 12.1 Å². The van der Waals surface area contributed by atoms with Gasteiger partial charge in [0, 0.05) is 23.3 Å². The Labute approximate surface area is 117 Å². The second-order valence-corrected chi connectivity index (χ2v) is 4.88. The predicted molar refractivity (Wildman–Crippen MR) is 77.1 cm³/mol. The average Bonchev–Trinajstić information content (AvgIpc) is 2.46. The van der Waals surface area contributed by atoms with E-state index in [-0.39, 0.29) is 17.4 Å². The summed E-state index contributed by atoms with van der Waals surface area (Å²) in [4.78, 5) is 22.9. The van der Waals surface area contributed by atoms with E-state index in [2.05, 4.69) is 0 Å². The van der Waals surface area contributed by atoms with Gasteiger partial charge < -0.3 is 0 Å². The van der Waals surface area contributed by atoms with E-state index in [9.17, 15) is 14.9 Å². The normalized spacial score (nSPS) is 10.6. The van der Waals surface area contributed by atoms with E-state index in [1.54, 1.807) is 30.3 Å². The van der Waals surface area contributed by atoms with Crippen LogP contribution in [0.5, 0.6) is 0 Å². The first-order chi connectivity index (χ1) is 9.50. The van der Waals surface area contributed by atoms with E-state index in [0.717, 1.165) is 0 Å². The topological polar surface area (TPSA) is 60.2 Å². The van der Waals surface area contributed by atoms with E-state index in [0.29, 0.717) is 16.7 Å². The Morgan fingerprint density at radius 2 is 1.75 bits per heavy atom. The molecule has 20 heavy (non-hydrogen) atoms. The lowest BCUT2D eigenvalue weighted by Crippen LogP contribution is -2.07. The average molecular weight is 269 g/mol. The molecule has 0 aliphatic rings. The van der Waals surface area contributed by atoms with Crippen LogP contribution in [0.25, 0.3) is 0 Å². The Balaban J connectivity index is 2.51. The van der Waals surface area contributed by atoms with Crippen LogP contribution in [0.1, 0.15) is 41.3 Å². The third-order valence-corrected chi connectivity index (χ3v) is 3.15. The number of nitrogens with zero attached hydrogens (tertiary/aromatic N) is 1. The summed E-state index contributed by atoms with van der Waals surface area (Å²) in [5, 5.41) is 10.8. The molecule has 0 aliphatic heterocycles. The van der Waals surface area contributed by atoms with Gasteiger partial charge in [-0.25, -0.2) is 0 Å². The van der Waals surface area contributed by atoms with Crippen molar-refractivity contribution in [3.05, 3.63) is 75.3 Å². The van der Waals surface area contributed by atoms with Crippen LogP contribution in [0.4, 0.5) is 5.69 Å². The second kappa shape index (κ2) is 5.65. The molecule has 2 aromatic rings. The van der Waals surface area contributed by atoms with Gasteiger partial charge in [0.2, 0.25) is 0 Å². The number of carbonyl (C=O) groups is 1. The van der Waals surface area contributed by atoms with E-state index in [4.69, 9.17) is 0 Å². The molecule has 0 atom stereocenters. The first kappa shape index (κ1) is 13.9. The zero-order chi connectivity index (χ0) is 14.7. The Morgan fingerprint density at radius 1 is 1.10 bits per heavy atom. The van der Waals surface area contributed by atoms with Gasteiger partial charge in [0.25, 0.3) is 5.69 Å². The minimum atomic E-state index is -0.442. The SMILES string of the molecule is CC(C)c1cc([N+](=O)[O-])ccc1C(=O)c1ccccc1. The van der Waals surface area contributed by atoms with Gasteiger partial charge in [-0.3, -0.25) is 14.9 Å². The van der Waals surface area contributed by atoms with Crippen LogP contribution in [-0.4, -0.2) is 10.7 Å². The number of rotatable bonds is 4. The molecule has 0 saturated carbocycles. The summed E-state index contributed by atoms with van der Waals surface area (Å²) in [5.41, 5.74) is 1.83. The Kier molecular flexibility index (Phi) is 3.94. The van der Waals surface area contributed by atoms with Crippen LogP contribution < -0.4 is 0 Å². The van der Waals surface area contributed by atoms with Crippen molar-refractivity contribution in [2.75, 3.05) is 0 Å². The fraction of sp³-hybridized carbons (Fsp3) is 0.188. The molecule has 0 bridgehead atoms. The summed E-state index contributed by atoms with van der Waals surface area (Å²) >= 11 is 0. The highest BCUT2D eigenvalue weighted by Crippen LogP contribution is 2.26. The largest absolute Gasteiger partial charge is 0.289 e. The zero-order valence-electron chi connectivity index (χ0n) is 11.4. The second-order valence-electron chi connectivity index (χ2n) is 4.88. The maximum atomic E-state index is 12.5. The molecule has 0 saturated heterocycles. The van der Waals surface area contributed by atoms with Crippen LogP contribution in [0, 0.1) is 10.1 Å². The van der Waals surface area contributed by atoms with Gasteiger partial charge in [-0.2, -0.15) is 0 Å². The van der Waals surface area contributed by atoms with Crippen LogP contribution in [-0.2, 0) is 0 Å². The fourth-order valence-electron chi connectivity index (χ4n) is 2.09. The third-order valence-electron chi connectivity index (χ3n) is 3.15. The zero-order valence-corrected chi connectivity index (χ0v) is 11.4. The molecular weight excluding hydrogens is 254 g/mol. The summed E-state index contributed by atoms with van der Waals surface area (Å²) in [5.74, 6) is -0.0678. The van der Waals surface area contributed by atoms with Crippen LogP contribution in [0.3, 0.4) is 0 Å². The Hall–Kier alpha value is -2.49. The van der Waals surface area contributed by atoms with Crippen molar-refractivity contribution in [3.63, 3.8) is 0 Å². The predicted octanol–water partition coefficient (Wildman–Crippen LogP) is 3.95. The van der Waals surface area contributed by atoms with Crippen molar-refractivity contribution >= 4 is 11.5 Å². The number of hydrogen-bond acceptors (Lipinski definition) is 3. The van der Waals surface area contributed by atoms with Crippen molar-refractivity contribution in [1.29, 1.82) is 0 Å². The van der Waals surface area contributed by atoms with Crippen molar-refractivity contribution in [2.45, 2.75) is 19.8 Å². The number of ketones is 1. The van der Waals surface area contributed by atoms with Crippen molar-refractivity contribution in [3.8, 4) is 0 Å². The molecule has 0 aromatic heterocycles. The van der Waals surface area contributed by atoms with E-state index in [1.807, 2.05) is 19.9 Å². The molecule has 4 heteroatoms. The summed E-state index contributed by atoms with van der Waals surface area (Å²) in [7, 11) is 0. The molecule has 0 amide bonds. The standard InChI is InChI=1S/C16H15NO3/c1-11(2)15-10-13(17(19)20)8-9-14(15)16(18)12-6-4-3-5-7-12/h3-11H,1-2H3. The van der Waals surface area contributed by atoms with Gasteiger partial charge >= 0.3 is 0 Å². The van der Waals surface area contributed by atoms with Crippen molar-refractivity contribution in [1.82, 2.24) is 0 Å². The van der Waals surface area contributed by atoms with Crippen LogP contribution in [0.2, 0.25) is 0 Å². The van der Waals surface area contributed by atoms with Gasteiger partial charge in [0.1, 0.15) is 0 Å². The van der Waals surface area contributed by atoms with Gasteiger partial charge in [0.15, 0.2) is 5.78 Å². The maximum Gasteiger partial charge on any atom is 0.269 e. The van der Waals surface area contributed by atoms with Gasteiger partial charge in [-0.05, 0) is 17.5 Å². The highest BCUT2D eigenvalue weighted by Gasteiger charge is 2.18. The number of hydrogen-bond donors (Lipinski definition) is 0. The molecule has 2 aromatic carbocycles. The van der Waals surface area contributed by atoms with Gasteiger partial charge in [0.05, 0.1) is 4.92 Å². The summed E-state index contributed by atoms with van der Waals surface area (Å²) < 4.78 is 0. The van der Waals surface area contributed by atoms with Crippen molar-refractivity contribution in [2.24, 2.45) is 0 Å². The monoisotopic (exact) mass is 269 g/mol. The van der Waals surface area contributed by atoms with E-state index < -0.39 is 4.92 Å². The molecule has 4 nitrogen and oxygen atoms in total.